The Morgan fingerprint density at radius 3 is 2.70 bits per heavy atom. The van der Waals surface area contributed by atoms with Gasteiger partial charge in [0.1, 0.15) is 10.8 Å². The summed E-state index contributed by atoms with van der Waals surface area (Å²) in [5, 5.41) is 0. The zero-order valence-electron chi connectivity index (χ0n) is 10.8. The van der Waals surface area contributed by atoms with E-state index in [0.29, 0.717) is 5.56 Å². The summed E-state index contributed by atoms with van der Waals surface area (Å²) < 4.78 is 45.9. The number of rotatable bonds is 8. The van der Waals surface area contributed by atoms with Gasteiger partial charge >= 0.3 is 0 Å². The monoisotopic (exact) mass is 321 g/mol. The number of ether oxygens (including phenoxy) is 1. The second-order valence-electron chi connectivity index (χ2n) is 3.88. The quantitative estimate of drug-likeness (QED) is 0.464. The summed E-state index contributed by atoms with van der Waals surface area (Å²) in [7, 11) is -2.23. The van der Waals surface area contributed by atoms with Crippen molar-refractivity contribution in [1.29, 1.82) is 0 Å². The normalized spacial score (nSPS) is 11.5. The van der Waals surface area contributed by atoms with Crippen LogP contribution in [0.3, 0.4) is 0 Å². The molecule has 1 rings (SSSR count). The van der Waals surface area contributed by atoms with Gasteiger partial charge < -0.3 is 10.5 Å². The molecule has 0 saturated heterocycles. The van der Waals surface area contributed by atoms with Crippen molar-refractivity contribution in [3.05, 3.63) is 35.1 Å². The molecule has 0 saturated carbocycles. The molecule has 1 aromatic rings. The average molecular weight is 321 g/mol. The maximum absolute atomic E-state index is 13.7. The first-order valence-corrected chi connectivity index (χ1v) is 7.56. The molecule has 0 aliphatic heterocycles. The Hall–Kier alpha value is -1.13. The maximum Gasteiger partial charge on any atom is 0.277 e. The van der Waals surface area contributed by atoms with Gasteiger partial charge in [-0.3, -0.25) is 0 Å². The molecule has 0 amide bonds. The van der Waals surface area contributed by atoms with Gasteiger partial charge in [0.15, 0.2) is 0 Å². The van der Waals surface area contributed by atoms with Crippen molar-refractivity contribution in [2.75, 3.05) is 20.3 Å². The standard InChI is InChI=1S/C11H16FN3O3S2/c1-18-5-4-14-20(16,17)15-7-9-3-2-8(11(13)19)6-10(9)12/h2-3,6,14-15H,4-5,7H2,1H3,(H2,13,19). The fourth-order valence-electron chi connectivity index (χ4n) is 1.35. The lowest BCUT2D eigenvalue weighted by molar-refractivity contribution is 0.204. The largest absolute Gasteiger partial charge is 0.389 e. The number of nitrogens with one attached hydrogen (secondary N) is 2. The number of methoxy groups -OCH3 is 1. The molecule has 0 radical (unpaired) electrons. The summed E-state index contributed by atoms with van der Waals surface area (Å²) >= 11 is 4.73. The number of halogens is 1. The van der Waals surface area contributed by atoms with Gasteiger partial charge in [-0.05, 0) is 6.07 Å². The molecule has 4 N–H and O–H groups in total. The summed E-state index contributed by atoms with van der Waals surface area (Å²) in [5.74, 6) is -0.574. The van der Waals surface area contributed by atoms with Crippen LogP contribution in [-0.4, -0.2) is 33.7 Å². The topological polar surface area (TPSA) is 93.4 Å². The average Bonchev–Trinajstić information content (AvgIpc) is 2.37. The Balaban J connectivity index is 2.63. The van der Waals surface area contributed by atoms with Gasteiger partial charge in [-0.15, -0.1) is 0 Å². The maximum atomic E-state index is 13.7. The van der Waals surface area contributed by atoms with Crippen molar-refractivity contribution in [2.24, 2.45) is 5.73 Å². The van der Waals surface area contributed by atoms with E-state index in [2.05, 4.69) is 9.44 Å². The molecule has 0 bridgehead atoms. The van der Waals surface area contributed by atoms with Crippen molar-refractivity contribution < 1.29 is 17.5 Å². The minimum Gasteiger partial charge on any atom is -0.389 e. The number of nitrogens with two attached hydrogens (primary N) is 1. The molecule has 6 nitrogen and oxygen atoms in total. The molecular formula is C11H16FN3O3S2. The van der Waals surface area contributed by atoms with Crippen molar-refractivity contribution in [3.63, 3.8) is 0 Å². The third-order valence-electron chi connectivity index (χ3n) is 2.39. The predicted octanol–water partition coefficient (Wildman–Crippen LogP) is 0.0303. The van der Waals surface area contributed by atoms with Crippen LogP contribution in [0, 0.1) is 5.82 Å². The van der Waals surface area contributed by atoms with E-state index in [1.807, 2.05) is 0 Å². The van der Waals surface area contributed by atoms with Gasteiger partial charge in [0.05, 0.1) is 6.61 Å². The molecule has 0 fully saturated rings. The van der Waals surface area contributed by atoms with E-state index in [9.17, 15) is 12.8 Å². The van der Waals surface area contributed by atoms with Crippen LogP contribution in [0.1, 0.15) is 11.1 Å². The van der Waals surface area contributed by atoms with E-state index in [-0.39, 0.29) is 30.2 Å². The Morgan fingerprint density at radius 1 is 1.45 bits per heavy atom. The Labute approximate surface area is 122 Å². The Bertz CT molecular complexity index is 578. The first kappa shape index (κ1) is 16.9. The van der Waals surface area contributed by atoms with Crippen molar-refractivity contribution in [1.82, 2.24) is 9.44 Å². The first-order valence-electron chi connectivity index (χ1n) is 5.67. The number of benzene rings is 1. The van der Waals surface area contributed by atoms with Gasteiger partial charge in [-0.25, -0.2) is 4.39 Å². The lowest BCUT2D eigenvalue weighted by Gasteiger charge is -2.09. The van der Waals surface area contributed by atoms with Crippen LogP contribution in [0.2, 0.25) is 0 Å². The smallest absolute Gasteiger partial charge is 0.277 e. The number of hydrogen-bond donors (Lipinski definition) is 3. The zero-order chi connectivity index (χ0) is 15.2. The van der Waals surface area contributed by atoms with E-state index in [4.69, 9.17) is 22.7 Å². The van der Waals surface area contributed by atoms with Crippen molar-refractivity contribution >= 4 is 27.4 Å². The number of hydrogen-bond acceptors (Lipinski definition) is 4. The van der Waals surface area contributed by atoms with Crippen molar-refractivity contribution in [2.45, 2.75) is 6.54 Å². The molecule has 0 aliphatic rings. The van der Waals surface area contributed by atoms with Crippen LogP contribution in [0.5, 0.6) is 0 Å². The van der Waals surface area contributed by atoms with Gasteiger partial charge in [0.25, 0.3) is 10.2 Å². The molecule has 112 valence electrons. The third kappa shape index (κ3) is 5.47. The van der Waals surface area contributed by atoms with E-state index in [1.54, 1.807) is 0 Å². The highest BCUT2D eigenvalue weighted by Crippen LogP contribution is 2.10. The van der Waals surface area contributed by atoms with Crippen LogP contribution >= 0.6 is 12.2 Å². The second kappa shape index (κ2) is 7.60. The Morgan fingerprint density at radius 2 is 2.15 bits per heavy atom. The molecule has 0 unspecified atom stereocenters. The summed E-state index contributed by atoms with van der Waals surface area (Å²) in [6.45, 7) is 0.207. The minimum atomic E-state index is -3.69. The lowest BCUT2D eigenvalue weighted by Crippen LogP contribution is -2.37. The Kier molecular flexibility index (Phi) is 6.43. The predicted molar refractivity (Wildman–Crippen MR) is 77.9 cm³/mol. The van der Waals surface area contributed by atoms with E-state index < -0.39 is 16.0 Å². The molecule has 1 aromatic carbocycles. The van der Waals surface area contributed by atoms with Crippen LogP contribution in [0.25, 0.3) is 0 Å². The molecule has 0 aromatic heterocycles. The summed E-state index contributed by atoms with van der Waals surface area (Å²) in [6.07, 6.45) is 0. The highest BCUT2D eigenvalue weighted by atomic mass is 32.2. The first-order chi connectivity index (χ1) is 9.35. The van der Waals surface area contributed by atoms with Gasteiger partial charge in [-0.1, -0.05) is 24.4 Å². The molecule has 20 heavy (non-hydrogen) atoms. The second-order valence-corrected chi connectivity index (χ2v) is 5.91. The van der Waals surface area contributed by atoms with Crippen LogP contribution in [0.15, 0.2) is 18.2 Å². The van der Waals surface area contributed by atoms with Crippen molar-refractivity contribution in [3.8, 4) is 0 Å². The van der Waals surface area contributed by atoms with E-state index >= 15 is 0 Å². The van der Waals surface area contributed by atoms with Crippen LogP contribution < -0.4 is 15.2 Å². The van der Waals surface area contributed by atoms with Crippen LogP contribution in [-0.2, 0) is 21.5 Å². The molecular weight excluding hydrogens is 305 g/mol. The van der Waals surface area contributed by atoms with E-state index in [0.717, 1.165) is 0 Å². The minimum absolute atomic E-state index is 0.0808. The summed E-state index contributed by atoms with van der Waals surface area (Å²) in [6, 6.07) is 4.14. The highest BCUT2D eigenvalue weighted by molar-refractivity contribution is 7.87. The van der Waals surface area contributed by atoms with Gasteiger partial charge in [0, 0.05) is 31.3 Å². The molecule has 0 heterocycles. The fraction of sp³-hybridized carbons (Fsp3) is 0.364. The molecule has 0 aliphatic carbocycles. The SMILES string of the molecule is COCCNS(=O)(=O)NCc1ccc(C(N)=S)cc1F. The molecule has 9 heteroatoms. The van der Waals surface area contributed by atoms with Crippen LogP contribution in [0.4, 0.5) is 4.39 Å². The highest BCUT2D eigenvalue weighted by Gasteiger charge is 2.11. The fourth-order valence-corrected chi connectivity index (χ4v) is 2.27. The van der Waals surface area contributed by atoms with Gasteiger partial charge in [-0.2, -0.15) is 17.9 Å². The third-order valence-corrected chi connectivity index (χ3v) is 3.73. The van der Waals surface area contributed by atoms with Gasteiger partial charge in [0.2, 0.25) is 0 Å². The summed E-state index contributed by atoms with van der Waals surface area (Å²) in [5.41, 5.74) is 5.96. The molecule has 0 spiro atoms. The zero-order valence-corrected chi connectivity index (χ0v) is 12.5. The molecule has 0 atom stereocenters. The number of thiocarbonyl (C=S) groups is 1. The van der Waals surface area contributed by atoms with E-state index in [1.165, 1.54) is 25.3 Å². The lowest BCUT2D eigenvalue weighted by atomic mass is 10.1. The summed E-state index contributed by atoms with van der Waals surface area (Å²) in [4.78, 5) is 0.0808.